The van der Waals surface area contributed by atoms with Crippen LogP contribution in [0.5, 0.6) is 0 Å². The van der Waals surface area contributed by atoms with Crippen molar-refractivity contribution in [1.82, 2.24) is 5.32 Å². The van der Waals surface area contributed by atoms with Gasteiger partial charge in [0.25, 0.3) is 0 Å². The van der Waals surface area contributed by atoms with Crippen LogP contribution in [0.4, 0.5) is 0 Å². The van der Waals surface area contributed by atoms with E-state index in [-0.39, 0.29) is 11.4 Å². The van der Waals surface area contributed by atoms with Gasteiger partial charge in [0.15, 0.2) is 0 Å². The van der Waals surface area contributed by atoms with Crippen LogP contribution in [0.25, 0.3) is 0 Å². The van der Waals surface area contributed by atoms with Crippen molar-refractivity contribution in [1.29, 1.82) is 0 Å². The van der Waals surface area contributed by atoms with Crippen molar-refractivity contribution in [3.05, 3.63) is 46.5 Å². The van der Waals surface area contributed by atoms with E-state index in [1.807, 2.05) is 45.0 Å². The Hall–Kier alpha value is -1.09. The fraction of sp³-hybridized carbons (Fsp3) is 0.308. The maximum absolute atomic E-state index is 11.5. The fourth-order valence-electron chi connectivity index (χ4n) is 1.44. The Morgan fingerprint density at radius 3 is 2.38 bits per heavy atom. The Labute approximate surface area is 105 Å². The van der Waals surface area contributed by atoms with Gasteiger partial charge in [-0.1, -0.05) is 34.1 Å². The third-order valence-corrected chi connectivity index (χ3v) is 2.85. The van der Waals surface area contributed by atoms with Crippen LogP contribution in [-0.4, -0.2) is 5.91 Å². The summed E-state index contributed by atoms with van der Waals surface area (Å²) < 4.78 is 1.03. The maximum Gasteiger partial charge on any atom is 0.244 e. The molecule has 0 aliphatic heterocycles. The maximum atomic E-state index is 11.5. The highest BCUT2D eigenvalue weighted by Crippen LogP contribution is 2.21. The van der Waals surface area contributed by atoms with Gasteiger partial charge in [0.05, 0.1) is 5.54 Å². The van der Waals surface area contributed by atoms with Crippen LogP contribution in [0.1, 0.15) is 26.3 Å². The minimum absolute atomic E-state index is 0.0737. The number of halogens is 1. The van der Waals surface area contributed by atoms with Gasteiger partial charge in [-0.2, -0.15) is 0 Å². The molecule has 0 saturated carbocycles. The van der Waals surface area contributed by atoms with Crippen molar-refractivity contribution in [2.45, 2.75) is 26.3 Å². The van der Waals surface area contributed by atoms with Crippen LogP contribution < -0.4 is 5.32 Å². The SMILES string of the molecule is CC=CC(=O)NC(C)(C)c1ccc(Br)cc1. The first-order valence-corrected chi connectivity index (χ1v) is 5.96. The third kappa shape index (κ3) is 3.49. The number of benzene rings is 1. The molecule has 0 aromatic heterocycles. The molecule has 3 heteroatoms. The molecular weight excluding hydrogens is 266 g/mol. The number of carbonyl (C=O) groups excluding carboxylic acids is 1. The smallest absolute Gasteiger partial charge is 0.244 e. The highest BCUT2D eigenvalue weighted by molar-refractivity contribution is 9.10. The summed E-state index contributed by atoms with van der Waals surface area (Å²) in [5, 5.41) is 2.95. The van der Waals surface area contributed by atoms with Crippen molar-refractivity contribution in [3.63, 3.8) is 0 Å². The quantitative estimate of drug-likeness (QED) is 0.846. The molecule has 1 amide bonds. The molecule has 0 atom stereocenters. The van der Waals surface area contributed by atoms with Gasteiger partial charge >= 0.3 is 0 Å². The molecule has 0 heterocycles. The predicted octanol–water partition coefficient (Wildman–Crippen LogP) is 3.38. The van der Waals surface area contributed by atoms with Crippen molar-refractivity contribution in [2.24, 2.45) is 0 Å². The van der Waals surface area contributed by atoms with Crippen LogP contribution in [0.15, 0.2) is 40.9 Å². The van der Waals surface area contributed by atoms with E-state index in [9.17, 15) is 4.79 Å². The molecule has 16 heavy (non-hydrogen) atoms. The lowest BCUT2D eigenvalue weighted by molar-refractivity contribution is -0.118. The minimum atomic E-state index is -0.364. The monoisotopic (exact) mass is 281 g/mol. The van der Waals surface area contributed by atoms with E-state index in [1.54, 1.807) is 6.08 Å². The second kappa shape index (κ2) is 5.30. The molecule has 2 nitrogen and oxygen atoms in total. The summed E-state index contributed by atoms with van der Waals surface area (Å²) in [6, 6.07) is 7.94. The van der Waals surface area contributed by atoms with E-state index in [4.69, 9.17) is 0 Å². The largest absolute Gasteiger partial charge is 0.344 e. The van der Waals surface area contributed by atoms with Crippen molar-refractivity contribution in [3.8, 4) is 0 Å². The Morgan fingerprint density at radius 1 is 1.31 bits per heavy atom. The van der Waals surface area contributed by atoms with E-state index in [2.05, 4.69) is 21.2 Å². The number of allylic oxidation sites excluding steroid dienone is 1. The normalized spacial score (nSPS) is 11.8. The number of hydrogen-bond donors (Lipinski definition) is 1. The lowest BCUT2D eigenvalue weighted by atomic mass is 9.94. The van der Waals surface area contributed by atoms with E-state index < -0.39 is 0 Å². The summed E-state index contributed by atoms with van der Waals surface area (Å²) in [5.74, 6) is -0.0737. The molecule has 86 valence electrons. The molecule has 0 bridgehead atoms. The van der Waals surface area contributed by atoms with E-state index in [0.717, 1.165) is 10.0 Å². The average Bonchev–Trinajstić information content (AvgIpc) is 2.17. The van der Waals surface area contributed by atoms with E-state index >= 15 is 0 Å². The number of hydrogen-bond acceptors (Lipinski definition) is 1. The highest BCUT2D eigenvalue weighted by atomic mass is 79.9. The summed E-state index contributed by atoms with van der Waals surface area (Å²) in [5.41, 5.74) is 0.714. The van der Waals surface area contributed by atoms with Crippen LogP contribution in [0.3, 0.4) is 0 Å². The van der Waals surface area contributed by atoms with Crippen LogP contribution >= 0.6 is 15.9 Å². The molecule has 0 aliphatic carbocycles. The second-order valence-corrected chi connectivity index (χ2v) is 5.04. The Morgan fingerprint density at radius 2 is 1.88 bits per heavy atom. The number of amides is 1. The summed E-state index contributed by atoms with van der Waals surface area (Å²) in [6.45, 7) is 5.79. The molecule has 0 unspecified atom stereocenters. The summed E-state index contributed by atoms with van der Waals surface area (Å²) in [4.78, 5) is 11.5. The Bertz CT molecular complexity index is 393. The molecule has 0 saturated heterocycles. The first-order valence-electron chi connectivity index (χ1n) is 5.16. The molecule has 0 aliphatic rings. The van der Waals surface area contributed by atoms with Crippen LogP contribution in [-0.2, 0) is 10.3 Å². The third-order valence-electron chi connectivity index (χ3n) is 2.32. The molecule has 1 aromatic carbocycles. The van der Waals surface area contributed by atoms with Gasteiger partial charge in [-0.15, -0.1) is 0 Å². The minimum Gasteiger partial charge on any atom is -0.344 e. The first-order chi connectivity index (χ1) is 7.45. The summed E-state index contributed by atoms with van der Waals surface area (Å²) in [6.07, 6.45) is 3.26. The number of nitrogens with one attached hydrogen (secondary N) is 1. The molecule has 0 spiro atoms. The standard InChI is InChI=1S/C13H16BrNO/c1-4-5-12(16)15-13(2,3)10-6-8-11(14)9-7-10/h4-9H,1-3H3,(H,15,16). The van der Waals surface area contributed by atoms with Gasteiger partial charge in [0, 0.05) is 4.47 Å². The van der Waals surface area contributed by atoms with Gasteiger partial charge in [0.2, 0.25) is 5.91 Å². The fourth-order valence-corrected chi connectivity index (χ4v) is 1.70. The van der Waals surface area contributed by atoms with Crippen molar-refractivity contribution >= 4 is 21.8 Å². The second-order valence-electron chi connectivity index (χ2n) is 4.12. The molecule has 1 N–H and O–H groups in total. The van der Waals surface area contributed by atoms with Gasteiger partial charge in [-0.05, 0) is 44.5 Å². The van der Waals surface area contributed by atoms with Crippen molar-refractivity contribution in [2.75, 3.05) is 0 Å². The summed E-state index contributed by atoms with van der Waals surface area (Å²) in [7, 11) is 0. The average molecular weight is 282 g/mol. The molecule has 0 fully saturated rings. The topological polar surface area (TPSA) is 29.1 Å². The van der Waals surface area contributed by atoms with E-state index in [0.29, 0.717) is 0 Å². The summed E-state index contributed by atoms with van der Waals surface area (Å²) >= 11 is 3.39. The van der Waals surface area contributed by atoms with Crippen LogP contribution in [0.2, 0.25) is 0 Å². The molecular formula is C13H16BrNO. The number of rotatable bonds is 3. The van der Waals surface area contributed by atoms with Crippen LogP contribution in [0, 0.1) is 0 Å². The molecule has 1 rings (SSSR count). The predicted molar refractivity (Wildman–Crippen MR) is 70.1 cm³/mol. The van der Waals surface area contributed by atoms with Gasteiger partial charge in [-0.25, -0.2) is 0 Å². The lowest BCUT2D eigenvalue weighted by Crippen LogP contribution is -2.40. The van der Waals surface area contributed by atoms with E-state index in [1.165, 1.54) is 6.08 Å². The highest BCUT2D eigenvalue weighted by Gasteiger charge is 2.21. The van der Waals surface area contributed by atoms with Gasteiger partial charge in [0.1, 0.15) is 0 Å². The first kappa shape index (κ1) is 13.0. The van der Waals surface area contributed by atoms with Crippen molar-refractivity contribution < 1.29 is 4.79 Å². The Kier molecular flexibility index (Phi) is 4.30. The Balaban J connectivity index is 2.84. The zero-order chi connectivity index (χ0) is 12.2. The van der Waals surface area contributed by atoms with Gasteiger partial charge in [-0.3, -0.25) is 4.79 Å². The zero-order valence-electron chi connectivity index (χ0n) is 9.75. The zero-order valence-corrected chi connectivity index (χ0v) is 11.3. The lowest BCUT2D eigenvalue weighted by Gasteiger charge is -2.26. The molecule has 0 radical (unpaired) electrons. The molecule has 1 aromatic rings. The van der Waals surface area contributed by atoms with Gasteiger partial charge < -0.3 is 5.32 Å². The number of carbonyl (C=O) groups is 1.